The Morgan fingerprint density at radius 1 is 1.47 bits per heavy atom. The van der Waals surface area contributed by atoms with Gasteiger partial charge in [-0.3, -0.25) is 0 Å². The standard InChI is InChI=1S/C11H12ClNO5S/c1-6-9(11(14)18-8-4-17-5-8)2-7(12)3-10(6)19(13,15)16/h2-3,8H,4-5H2,1H3,(H2,13,15,16). The fraction of sp³-hybridized carbons (Fsp3) is 0.364. The largest absolute Gasteiger partial charge is 0.454 e. The number of ether oxygens (including phenoxy) is 2. The summed E-state index contributed by atoms with van der Waals surface area (Å²) < 4.78 is 32.8. The topological polar surface area (TPSA) is 95.7 Å². The number of nitrogens with two attached hydrogens (primary N) is 1. The summed E-state index contributed by atoms with van der Waals surface area (Å²) in [4.78, 5) is 11.7. The van der Waals surface area contributed by atoms with Crippen LogP contribution < -0.4 is 5.14 Å². The summed E-state index contributed by atoms with van der Waals surface area (Å²) in [7, 11) is -3.95. The van der Waals surface area contributed by atoms with Crippen molar-refractivity contribution in [2.75, 3.05) is 13.2 Å². The molecule has 1 aromatic carbocycles. The van der Waals surface area contributed by atoms with Crippen LogP contribution in [-0.4, -0.2) is 33.7 Å². The van der Waals surface area contributed by atoms with Crippen molar-refractivity contribution in [1.29, 1.82) is 0 Å². The molecule has 104 valence electrons. The fourth-order valence-electron chi connectivity index (χ4n) is 1.66. The van der Waals surface area contributed by atoms with E-state index in [1.165, 1.54) is 19.1 Å². The molecule has 1 fully saturated rings. The van der Waals surface area contributed by atoms with Crippen LogP contribution in [-0.2, 0) is 19.5 Å². The lowest BCUT2D eigenvalue weighted by atomic mass is 10.1. The van der Waals surface area contributed by atoms with Gasteiger partial charge in [0.15, 0.2) is 0 Å². The molecule has 1 aromatic rings. The second kappa shape index (κ2) is 5.09. The SMILES string of the molecule is Cc1c(C(=O)OC2COC2)cc(Cl)cc1S(N)(=O)=O. The molecule has 0 unspecified atom stereocenters. The van der Waals surface area contributed by atoms with E-state index in [2.05, 4.69) is 0 Å². The normalized spacial score (nSPS) is 15.9. The van der Waals surface area contributed by atoms with E-state index in [1.807, 2.05) is 0 Å². The molecular weight excluding hydrogens is 294 g/mol. The Morgan fingerprint density at radius 3 is 2.58 bits per heavy atom. The first-order chi connectivity index (χ1) is 8.79. The molecule has 2 rings (SSSR count). The predicted molar refractivity (Wildman–Crippen MR) is 67.6 cm³/mol. The first-order valence-corrected chi connectivity index (χ1v) is 7.33. The molecule has 0 atom stereocenters. The molecule has 2 N–H and O–H groups in total. The zero-order chi connectivity index (χ0) is 14.2. The molecule has 1 aliphatic rings. The summed E-state index contributed by atoms with van der Waals surface area (Å²) >= 11 is 5.80. The van der Waals surface area contributed by atoms with Crippen LogP contribution in [0.4, 0.5) is 0 Å². The third-order valence-corrected chi connectivity index (χ3v) is 3.99. The van der Waals surface area contributed by atoms with Gasteiger partial charge in [0.05, 0.1) is 23.7 Å². The highest BCUT2D eigenvalue weighted by atomic mass is 35.5. The summed E-state index contributed by atoms with van der Waals surface area (Å²) in [6, 6.07) is 2.56. The molecule has 0 aromatic heterocycles. The molecule has 0 radical (unpaired) electrons. The van der Waals surface area contributed by atoms with Crippen LogP contribution in [0.1, 0.15) is 15.9 Å². The third-order valence-electron chi connectivity index (χ3n) is 2.73. The van der Waals surface area contributed by atoms with Gasteiger partial charge in [-0.2, -0.15) is 0 Å². The molecule has 1 heterocycles. The Hall–Kier alpha value is -1.15. The average Bonchev–Trinajstić information content (AvgIpc) is 2.24. The Bertz CT molecular complexity index is 624. The van der Waals surface area contributed by atoms with Crippen LogP contribution >= 0.6 is 11.6 Å². The predicted octanol–water partition coefficient (Wildman–Crippen LogP) is 0.851. The summed E-state index contributed by atoms with van der Waals surface area (Å²) in [6.45, 7) is 2.16. The Morgan fingerprint density at radius 2 is 2.11 bits per heavy atom. The highest BCUT2D eigenvalue weighted by molar-refractivity contribution is 7.89. The van der Waals surface area contributed by atoms with Gasteiger partial charge < -0.3 is 9.47 Å². The third kappa shape index (κ3) is 3.06. The number of halogens is 1. The van der Waals surface area contributed by atoms with E-state index < -0.39 is 16.0 Å². The highest BCUT2D eigenvalue weighted by Crippen LogP contribution is 2.25. The first kappa shape index (κ1) is 14.3. The quantitative estimate of drug-likeness (QED) is 0.835. The van der Waals surface area contributed by atoms with Gasteiger partial charge in [-0.15, -0.1) is 0 Å². The van der Waals surface area contributed by atoms with Gasteiger partial charge in [0, 0.05) is 5.02 Å². The minimum Gasteiger partial charge on any atom is -0.454 e. The van der Waals surface area contributed by atoms with Crippen molar-refractivity contribution in [3.8, 4) is 0 Å². The lowest BCUT2D eigenvalue weighted by Crippen LogP contribution is -2.38. The zero-order valence-electron chi connectivity index (χ0n) is 10.1. The van der Waals surface area contributed by atoms with Gasteiger partial charge in [-0.25, -0.2) is 18.4 Å². The number of benzene rings is 1. The number of sulfonamides is 1. The summed E-state index contributed by atoms with van der Waals surface area (Å²) in [5.74, 6) is -0.641. The van der Waals surface area contributed by atoms with Crippen LogP contribution in [0.15, 0.2) is 17.0 Å². The van der Waals surface area contributed by atoms with E-state index in [-0.39, 0.29) is 27.1 Å². The lowest BCUT2D eigenvalue weighted by Gasteiger charge is -2.26. The van der Waals surface area contributed by atoms with Crippen molar-refractivity contribution in [3.05, 3.63) is 28.3 Å². The van der Waals surface area contributed by atoms with E-state index in [4.69, 9.17) is 26.2 Å². The van der Waals surface area contributed by atoms with Crippen LogP contribution in [0.3, 0.4) is 0 Å². The number of primary sulfonamides is 1. The van der Waals surface area contributed by atoms with Gasteiger partial charge in [-0.1, -0.05) is 11.6 Å². The molecule has 0 aliphatic carbocycles. The van der Waals surface area contributed by atoms with E-state index >= 15 is 0 Å². The second-order valence-corrected chi connectivity index (χ2v) is 6.15. The van der Waals surface area contributed by atoms with Crippen molar-refractivity contribution in [2.24, 2.45) is 5.14 Å². The van der Waals surface area contributed by atoms with Crippen molar-refractivity contribution in [1.82, 2.24) is 0 Å². The average molecular weight is 306 g/mol. The van der Waals surface area contributed by atoms with Gasteiger partial charge in [0.1, 0.15) is 6.10 Å². The Labute approximate surface area is 115 Å². The first-order valence-electron chi connectivity index (χ1n) is 5.40. The van der Waals surface area contributed by atoms with E-state index in [0.29, 0.717) is 13.2 Å². The minimum atomic E-state index is -3.95. The maximum Gasteiger partial charge on any atom is 0.338 e. The summed E-state index contributed by atoms with van der Waals surface area (Å²) in [5.41, 5.74) is 0.306. The smallest absolute Gasteiger partial charge is 0.338 e. The van der Waals surface area contributed by atoms with Gasteiger partial charge in [-0.05, 0) is 24.6 Å². The van der Waals surface area contributed by atoms with Crippen LogP contribution in [0.2, 0.25) is 5.02 Å². The zero-order valence-corrected chi connectivity index (χ0v) is 11.6. The van der Waals surface area contributed by atoms with Crippen molar-refractivity contribution in [2.45, 2.75) is 17.9 Å². The minimum absolute atomic E-state index is 0.0865. The molecule has 1 saturated heterocycles. The van der Waals surface area contributed by atoms with Crippen molar-refractivity contribution < 1.29 is 22.7 Å². The van der Waals surface area contributed by atoms with Gasteiger partial charge in [0.25, 0.3) is 0 Å². The number of rotatable bonds is 3. The summed E-state index contributed by atoms with van der Waals surface area (Å²) in [6.07, 6.45) is -0.302. The van der Waals surface area contributed by atoms with Gasteiger partial charge >= 0.3 is 5.97 Å². The number of carbonyl (C=O) groups excluding carboxylic acids is 1. The second-order valence-electron chi connectivity index (χ2n) is 4.19. The van der Waals surface area contributed by atoms with Crippen molar-refractivity contribution >= 4 is 27.6 Å². The van der Waals surface area contributed by atoms with Crippen LogP contribution in [0.5, 0.6) is 0 Å². The maximum absolute atomic E-state index is 11.9. The molecule has 8 heteroatoms. The monoisotopic (exact) mass is 305 g/mol. The van der Waals surface area contributed by atoms with Crippen molar-refractivity contribution in [3.63, 3.8) is 0 Å². The number of esters is 1. The molecule has 6 nitrogen and oxygen atoms in total. The molecule has 0 spiro atoms. The number of hydrogen-bond acceptors (Lipinski definition) is 5. The van der Waals surface area contributed by atoms with Crippen LogP contribution in [0.25, 0.3) is 0 Å². The molecule has 0 bridgehead atoms. The summed E-state index contributed by atoms with van der Waals surface area (Å²) in [5, 5.41) is 5.18. The number of hydrogen-bond donors (Lipinski definition) is 1. The van der Waals surface area contributed by atoms with E-state index in [9.17, 15) is 13.2 Å². The lowest BCUT2D eigenvalue weighted by molar-refractivity contribution is -0.103. The van der Waals surface area contributed by atoms with Crippen LogP contribution in [0, 0.1) is 6.92 Å². The Kier molecular flexibility index (Phi) is 3.82. The fourth-order valence-corrected chi connectivity index (χ4v) is 2.77. The van der Waals surface area contributed by atoms with E-state index in [0.717, 1.165) is 0 Å². The maximum atomic E-state index is 11.9. The molecule has 0 saturated carbocycles. The molecule has 19 heavy (non-hydrogen) atoms. The molecule has 0 amide bonds. The Balaban J connectivity index is 2.39. The van der Waals surface area contributed by atoms with E-state index in [1.54, 1.807) is 0 Å². The molecule has 1 aliphatic heterocycles. The van der Waals surface area contributed by atoms with Gasteiger partial charge in [0.2, 0.25) is 10.0 Å². The number of carbonyl (C=O) groups is 1. The molecular formula is C11H12ClNO5S. The highest BCUT2D eigenvalue weighted by Gasteiger charge is 2.26.